The van der Waals surface area contributed by atoms with E-state index in [1.54, 1.807) is 0 Å². The van der Waals surface area contributed by atoms with Gasteiger partial charge in [0.2, 0.25) is 0 Å². The summed E-state index contributed by atoms with van der Waals surface area (Å²) in [5.74, 6) is 1.37. The lowest BCUT2D eigenvalue weighted by Crippen LogP contribution is -2.37. The summed E-state index contributed by atoms with van der Waals surface area (Å²) in [5, 5.41) is 0. The van der Waals surface area contributed by atoms with Gasteiger partial charge in [-0.1, -0.05) is 48.5 Å². The molecule has 1 saturated carbocycles. The normalized spacial score (nSPS) is 24.7. The molecule has 1 saturated heterocycles. The molecular weight excluding hydrogens is 308 g/mol. The monoisotopic (exact) mass is 332 g/mol. The first-order valence-corrected chi connectivity index (χ1v) is 9.45. The van der Waals surface area contributed by atoms with E-state index in [0.29, 0.717) is 11.8 Å². The van der Waals surface area contributed by atoms with Crippen molar-refractivity contribution in [2.24, 2.45) is 4.99 Å². The van der Waals surface area contributed by atoms with Crippen molar-refractivity contribution >= 4 is 5.71 Å². The Balaban J connectivity index is 1.49. The molecule has 3 aliphatic rings. The van der Waals surface area contributed by atoms with Crippen molar-refractivity contribution in [3.63, 3.8) is 0 Å². The van der Waals surface area contributed by atoms with E-state index in [-0.39, 0.29) is 0 Å². The second-order valence-corrected chi connectivity index (χ2v) is 7.31. The fraction of sp³-hybridized carbons (Fsp3) is 0.409. The van der Waals surface area contributed by atoms with Crippen LogP contribution in [-0.2, 0) is 4.74 Å². The number of aliphatic imine (C=N–C) groups is 1. The third kappa shape index (κ3) is 2.82. The Bertz CT molecular complexity index is 754. The predicted octanol–water partition coefficient (Wildman–Crippen LogP) is 3.44. The van der Waals surface area contributed by atoms with E-state index in [1.165, 1.54) is 34.4 Å². The first-order chi connectivity index (χ1) is 12.4. The highest BCUT2D eigenvalue weighted by Crippen LogP contribution is 2.58. The number of hydrogen-bond donors (Lipinski definition) is 0. The molecule has 1 aliphatic heterocycles. The lowest BCUT2D eigenvalue weighted by molar-refractivity contribution is 0.0394. The fourth-order valence-corrected chi connectivity index (χ4v) is 4.40. The van der Waals surface area contributed by atoms with Gasteiger partial charge in [0.15, 0.2) is 0 Å². The van der Waals surface area contributed by atoms with Crippen LogP contribution in [0.1, 0.15) is 40.5 Å². The van der Waals surface area contributed by atoms with Crippen LogP contribution < -0.4 is 0 Å². The molecule has 0 aromatic heterocycles. The largest absolute Gasteiger partial charge is 0.379 e. The molecule has 0 amide bonds. The number of morpholine rings is 1. The van der Waals surface area contributed by atoms with Gasteiger partial charge in [0, 0.05) is 30.8 Å². The van der Waals surface area contributed by atoms with Gasteiger partial charge in [-0.05, 0) is 29.4 Å². The van der Waals surface area contributed by atoms with Crippen LogP contribution in [-0.4, -0.2) is 50.0 Å². The molecule has 0 N–H and O–H groups in total. The molecule has 1 heterocycles. The number of fused-ring (bicyclic) bond motifs is 5. The number of benzene rings is 2. The Labute approximate surface area is 149 Å². The second kappa shape index (κ2) is 6.40. The number of nitrogens with zero attached hydrogens (tertiary/aromatic N) is 2. The summed E-state index contributed by atoms with van der Waals surface area (Å²) in [6.45, 7) is 5.64. The average Bonchev–Trinajstić information content (AvgIpc) is 3.47. The highest BCUT2D eigenvalue weighted by molar-refractivity contribution is 6.15. The average molecular weight is 332 g/mol. The van der Waals surface area contributed by atoms with Crippen LogP contribution in [0.5, 0.6) is 0 Å². The first-order valence-electron chi connectivity index (χ1n) is 9.45. The van der Waals surface area contributed by atoms with Gasteiger partial charge >= 0.3 is 0 Å². The minimum Gasteiger partial charge on any atom is -0.379 e. The summed E-state index contributed by atoms with van der Waals surface area (Å²) in [5.41, 5.74) is 6.89. The molecule has 25 heavy (non-hydrogen) atoms. The molecule has 2 atom stereocenters. The van der Waals surface area contributed by atoms with Gasteiger partial charge in [-0.3, -0.25) is 9.89 Å². The molecule has 2 aliphatic carbocycles. The first kappa shape index (κ1) is 15.3. The summed E-state index contributed by atoms with van der Waals surface area (Å²) >= 11 is 0. The highest BCUT2D eigenvalue weighted by atomic mass is 16.5. The predicted molar refractivity (Wildman–Crippen MR) is 101 cm³/mol. The van der Waals surface area contributed by atoms with Gasteiger partial charge in [-0.25, -0.2) is 0 Å². The van der Waals surface area contributed by atoms with Gasteiger partial charge in [0.1, 0.15) is 0 Å². The summed E-state index contributed by atoms with van der Waals surface area (Å²) < 4.78 is 5.44. The van der Waals surface area contributed by atoms with E-state index in [9.17, 15) is 0 Å². The second-order valence-electron chi connectivity index (χ2n) is 7.31. The number of hydrogen-bond acceptors (Lipinski definition) is 3. The smallest absolute Gasteiger partial charge is 0.0725 e. The third-order valence-electron chi connectivity index (χ3n) is 5.81. The Morgan fingerprint density at radius 3 is 2.12 bits per heavy atom. The Hall–Kier alpha value is -1.97. The van der Waals surface area contributed by atoms with Crippen LogP contribution in [0.4, 0.5) is 0 Å². The summed E-state index contributed by atoms with van der Waals surface area (Å²) in [6, 6.07) is 17.8. The van der Waals surface area contributed by atoms with Crippen LogP contribution in [0.3, 0.4) is 0 Å². The quantitative estimate of drug-likeness (QED) is 0.860. The van der Waals surface area contributed by atoms with E-state index in [0.717, 1.165) is 39.4 Å². The Morgan fingerprint density at radius 1 is 0.880 bits per heavy atom. The Kier molecular flexibility index (Phi) is 3.91. The molecule has 0 radical (unpaired) electrons. The van der Waals surface area contributed by atoms with E-state index in [1.807, 2.05) is 0 Å². The molecule has 0 spiro atoms. The topological polar surface area (TPSA) is 24.8 Å². The molecule has 128 valence electrons. The third-order valence-corrected chi connectivity index (χ3v) is 5.81. The van der Waals surface area contributed by atoms with E-state index < -0.39 is 0 Å². The molecule has 3 nitrogen and oxygen atoms in total. The van der Waals surface area contributed by atoms with Gasteiger partial charge < -0.3 is 4.74 Å². The van der Waals surface area contributed by atoms with E-state index >= 15 is 0 Å². The number of ether oxygens (including phenoxy) is 1. The summed E-state index contributed by atoms with van der Waals surface area (Å²) in [7, 11) is 0. The van der Waals surface area contributed by atoms with Crippen molar-refractivity contribution in [1.29, 1.82) is 0 Å². The van der Waals surface area contributed by atoms with Crippen LogP contribution in [0.15, 0.2) is 53.5 Å². The maximum Gasteiger partial charge on any atom is 0.0725 e. The summed E-state index contributed by atoms with van der Waals surface area (Å²) in [6.07, 6.45) is 1.29. The van der Waals surface area contributed by atoms with Gasteiger partial charge in [-0.2, -0.15) is 0 Å². The van der Waals surface area contributed by atoms with E-state index in [4.69, 9.17) is 9.73 Å². The molecule has 2 aromatic rings. The molecule has 2 unspecified atom stereocenters. The molecular formula is C22H24N2O. The van der Waals surface area contributed by atoms with Crippen LogP contribution in [0, 0.1) is 0 Å². The maximum absolute atomic E-state index is 5.44. The number of rotatable bonds is 3. The van der Waals surface area contributed by atoms with Crippen LogP contribution in [0.25, 0.3) is 0 Å². The van der Waals surface area contributed by atoms with Crippen molar-refractivity contribution in [2.45, 2.75) is 18.3 Å². The minimum absolute atomic E-state index is 0.685. The molecule has 0 bridgehead atoms. The molecule has 2 aromatic carbocycles. The Morgan fingerprint density at radius 2 is 1.48 bits per heavy atom. The van der Waals surface area contributed by atoms with Crippen LogP contribution >= 0.6 is 0 Å². The lowest BCUT2D eigenvalue weighted by atomic mass is 9.95. The maximum atomic E-state index is 5.44. The van der Waals surface area contributed by atoms with Crippen LogP contribution in [0.2, 0.25) is 0 Å². The van der Waals surface area contributed by atoms with Gasteiger partial charge in [0.05, 0.1) is 25.5 Å². The van der Waals surface area contributed by atoms with Crippen molar-refractivity contribution in [3.05, 3.63) is 70.8 Å². The zero-order valence-electron chi connectivity index (χ0n) is 14.5. The molecule has 3 heteroatoms. The molecule has 5 rings (SSSR count). The fourth-order valence-electron chi connectivity index (χ4n) is 4.40. The van der Waals surface area contributed by atoms with E-state index in [2.05, 4.69) is 53.4 Å². The van der Waals surface area contributed by atoms with Crippen molar-refractivity contribution in [2.75, 3.05) is 39.4 Å². The zero-order chi connectivity index (χ0) is 16.6. The standard InChI is InChI=1S/C22H24N2O/c1-3-7-18-16(5-1)20-15-21(20)17-6-2-4-8-19(17)22(18)23-9-10-24-11-13-25-14-12-24/h1-8,20-21H,9-15H2. The SMILES string of the molecule is c1ccc2c(c1)C(=NCCN1CCOCC1)c1ccccc1C1CC21. The highest BCUT2D eigenvalue weighted by Gasteiger charge is 2.44. The lowest BCUT2D eigenvalue weighted by Gasteiger charge is -2.25. The minimum atomic E-state index is 0.685. The summed E-state index contributed by atoms with van der Waals surface area (Å²) in [4.78, 5) is 7.57. The van der Waals surface area contributed by atoms with Gasteiger partial charge in [-0.15, -0.1) is 0 Å². The zero-order valence-corrected chi connectivity index (χ0v) is 14.5. The van der Waals surface area contributed by atoms with Crippen molar-refractivity contribution < 1.29 is 4.74 Å². The van der Waals surface area contributed by atoms with Crippen molar-refractivity contribution in [1.82, 2.24) is 4.90 Å². The van der Waals surface area contributed by atoms with Crippen molar-refractivity contribution in [3.8, 4) is 0 Å². The molecule has 2 fully saturated rings. The van der Waals surface area contributed by atoms with Gasteiger partial charge in [0.25, 0.3) is 0 Å².